The Morgan fingerprint density at radius 2 is 2.48 bits per heavy atom. The average Bonchev–Trinajstić information content (AvgIpc) is 2.48. The number of pyridine rings is 1. The van der Waals surface area contributed by atoms with Crippen molar-refractivity contribution in [1.82, 2.24) is 10.3 Å². The summed E-state index contributed by atoms with van der Waals surface area (Å²) < 4.78 is 5.45. The summed E-state index contributed by atoms with van der Waals surface area (Å²) in [4.78, 5) is 16.5. The molecule has 0 bridgehead atoms. The van der Waals surface area contributed by atoms with Crippen LogP contribution in [0.4, 0.5) is 0 Å². The van der Waals surface area contributed by atoms with E-state index >= 15 is 0 Å². The van der Waals surface area contributed by atoms with Crippen molar-refractivity contribution >= 4 is 5.91 Å². The van der Waals surface area contributed by atoms with Crippen LogP contribution >= 0.6 is 0 Å². The van der Waals surface area contributed by atoms with E-state index in [1.165, 1.54) is 0 Å². The number of aliphatic hydroxyl groups excluding tert-OH is 1. The maximum Gasteiger partial charge on any atom is 0.253 e. The highest BCUT2D eigenvalue weighted by atomic mass is 16.5. The lowest BCUT2D eigenvalue weighted by atomic mass is 9.94. The van der Waals surface area contributed by atoms with Gasteiger partial charge in [-0.25, -0.2) is 0 Å². The highest BCUT2D eigenvalue weighted by Crippen LogP contribution is 2.19. The number of nitrogens with one attached hydrogen (secondary N) is 1. The largest absolute Gasteiger partial charge is 0.395 e. The topological polar surface area (TPSA) is 71.5 Å². The summed E-state index contributed by atoms with van der Waals surface area (Å²) in [5.74, 6) is 5.53. The van der Waals surface area contributed by atoms with E-state index in [0.717, 1.165) is 19.4 Å². The zero-order chi connectivity index (χ0) is 15.1. The third-order valence-corrected chi connectivity index (χ3v) is 3.38. The van der Waals surface area contributed by atoms with Gasteiger partial charge in [0.25, 0.3) is 5.91 Å². The van der Waals surface area contributed by atoms with Crippen LogP contribution < -0.4 is 5.32 Å². The molecule has 1 atom stereocenters. The van der Waals surface area contributed by atoms with Crippen molar-refractivity contribution in [3.05, 3.63) is 29.6 Å². The molecule has 1 amide bonds. The molecule has 0 aromatic carbocycles. The highest BCUT2D eigenvalue weighted by Gasteiger charge is 2.30. The van der Waals surface area contributed by atoms with Crippen molar-refractivity contribution in [3.63, 3.8) is 0 Å². The Labute approximate surface area is 124 Å². The number of carbonyl (C=O) groups is 1. The number of ether oxygens (including phenoxy) is 1. The van der Waals surface area contributed by atoms with Gasteiger partial charge in [0.15, 0.2) is 0 Å². The quantitative estimate of drug-likeness (QED) is 0.818. The van der Waals surface area contributed by atoms with E-state index in [2.05, 4.69) is 22.1 Å². The fourth-order valence-electron chi connectivity index (χ4n) is 2.28. The normalized spacial score (nSPS) is 21.2. The van der Waals surface area contributed by atoms with Crippen molar-refractivity contribution < 1.29 is 14.6 Å². The minimum absolute atomic E-state index is 0.00417. The Hall–Kier alpha value is -1.90. The first-order valence-corrected chi connectivity index (χ1v) is 7.09. The van der Waals surface area contributed by atoms with Gasteiger partial charge in [-0.05, 0) is 25.8 Å². The summed E-state index contributed by atoms with van der Waals surface area (Å²) in [7, 11) is 0. The third kappa shape index (κ3) is 4.28. The summed E-state index contributed by atoms with van der Waals surface area (Å²) >= 11 is 0. The van der Waals surface area contributed by atoms with Gasteiger partial charge in [-0.1, -0.05) is 11.8 Å². The maximum atomic E-state index is 12.5. The van der Waals surface area contributed by atoms with Gasteiger partial charge in [0.1, 0.15) is 0 Å². The predicted octanol–water partition coefficient (Wildman–Crippen LogP) is 1.11. The summed E-state index contributed by atoms with van der Waals surface area (Å²) in [5, 5.41) is 11.8. The van der Waals surface area contributed by atoms with E-state index in [0.29, 0.717) is 24.2 Å². The van der Waals surface area contributed by atoms with Crippen LogP contribution in [0.1, 0.15) is 42.1 Å². The molecule has 0 radical (unpaired) electrons. The van der Waals surface area contributed by atoms with E-state index in [-0.39, 0.29) is 18.1 Å². The first kappa shape index (κ1) is 15.5. The number of amides is 1. The molecule has 1 unspecified atom stereocenters. The lowest BCUT2D eigenvalue weighted by molar-refractivity contribution is 0.0272. The highest BCUT2D eigenvalue weighted by molar-refractivity contribution is 5.97. The van der Waals surface area contributed by atoms with E-state index in [1.807, 2.05) is 6.92 Å². The second-order valence-electron chi connectivity index (χ2n) is 5.37. The Morgan fingerprint density at radius 1 is 1.62 bits per heavy atom. The minimum Gasteiger partial charge on any atom is -0.395 e. The fraction of sp³-hybridized carbons (Fsp3) is 0.500. The van der Waals surface area contributed by atoms with Crippen LogP contribution in [0, 0.1) is 11.8 Å². The number of aliphatic hydroxyl groups is 1. The van der Waals surface area contributed by atoms with Crippen LogP contribution in [0.15, 0.2) is 18.5 Å². The number of aromatic nitrogens is 1. The minimum atomic E-state index is -0.339. The van der Waals surface area contributed by atoms with Crippen LogP contribution in [0.25, 0.3) is 0 Å². The zero-order valence-corrected chi connectivity index (χ0v) is 12.2. The first-order chi connectivity index (χ1) is 10.1. The molecule has 2 heterocycles. The van der Waals surface area contributed by atoms with E-state index in [4.69, 9.17) is 9.84 Å². The van der Waals surface area contributed by atoms with Crippen LogP contribution in [0.3, 0.4) is 0 Å². The molecule has 0 spiro atoms. The molecule has 1 aromatic rings. The van der Waals surface area contributed by atoms with Gasteiger partial charge < -0.3 is 15.2 Å². The molecule has 0 aliphatic carbocycles. The second-order valence-corrected chi connectivity index (χ2v) is 5.37. The molecule has 5 heteroatoms. The number of hydrogen-bond acceptors (Lipinski definition) is 4. The van der Waals surface area contributed by atoms with Crippen molar-refractivity contribution in [2.24, 2.45) is 0 Å². The predicted molar refractivity (Wildman–Crippen MR) is 78.7 cm³/mol. The molecule has 1 aliphatic rings. The van der Waals surface area contributed by atoms with Gasteiger partial charge in [0, 0.05) is 25.4 Å². The molecule has 112 valence electrons. The molecule has 0 saturated carbocycles. The van der Waals surface area contributed by atoms with Gasteiger partial charge in [-0.3, -0.25) is 9.78 Å². The van der Waals surface area contributed by atoms with Crippen LogP contribution in [0.2, 0.25) is 0 Å². The number of hydrogen-bond donors (Lipinski definition) is 2. The van der Waals surface area contributed by atoms with Crippen molar-refractivity contribution in [2.75, 3.05) is 19.8 Å². The van der Waals surface area contributed by atoms with E-state index in [9.17, 15) is 4.79 Å². The van der Waals surface area contributed by atoms with Gasteiger partial charge in [0.05, 0.1) is 29.9 Å². The first-order valence-electron chi connectivity index (χ1n) is 7.09. The van der Waals surface area contributed by atoms with Crippen molar-refractivity contribution in [3.8, 4) is 11.8 Å². The van der Waals surface area contributed by atoms with Crippen LogP contribution in [0.5, 0.6) is 0 Å². The molecule has 1 saturated heterocycles. The molecular weight excluding hydrogens is 268 g/mol. The maximum absolute atomic E-state index is 12.5. The Morgan fingerprint density at radius 3 is 3.19 bits per heavy atom. The van der Waals surface area contributed by atoms with Crippen LogP contribution in [-0.2, 0) is 4.74 Å². The lowest BCUT2D eigenvalue weighted by Crippen LogP contribution is -2.51. The Balaban J connectivity index is 2.14. The molecular formula is C16H20N2O3. The molecule has 1 fully saturated rings. The SMILES string of the molecule is CC1(NC(=O)c2ccncc2C#CCCO)CCCOC1. The number of rotatable bonds is 3. The molecule has 2 rings (SSSR count). The van der Waals surface area contributed by atoms with E-state index in [1.54, 1.807) is 18.5 Å². The van der Waals surface area contributed by atoms with Crippen molar-refractivity contribution in [2.45, 2.75) is 31.7 Å². The third-order valence-electron chi connectivity index (χ3n) is 3.38. The van der Waals surface area contributed by atoms with Gasteiger partial charge >= 0.3 is 0 Å². The summed E-state index contributed by atoms with van der Waals surface area (Å²) in [6, 6.07) is 1.66. The van der Waals surface area contributed by atoms with Gasteiger partial charge in [-0.2, -0.15) is 0 Å². The Bertz CT molecular complexity index is 554. The molecule has 1 aliphatic heterocycles. The molecule has 2 N–H and O–H groups in total. The lowest BCUT2D eigenvalue weighted by Gasteiger charge is -2.34. The average molecular weight is 288 g/mol. The van der Waals surface area contributed by atoms with Crippen molar-refractivity contribution in [1.29, 1.82) is 0 Å². The molecule has 1 aromatic heterocycles. The summed E-state index contributed by atoms with van der Waals surface area (Å²) in [5.41, 5.74) is 0.736. The van der Waals surface area contributed by atoms with Gasteiger partial charge in [-0.15, -0.1) is 0 Å². The number of carbonyl (C=O) groups excluding carboxylic acids is 1. The zero-order valence-electron chi connectivity index (χ0n) is 12.2. The fourth-order valence-corrected chi connectivity index (χ4v) is 2.28. The number of nitrogens with zero attached hydrogens (tertiary/aromatic N) is 1. The molecule has 21 heavy (non-hydrogen) atoms. The second kappa shape index (κ2) is 7.21. The van der Waals surface area contributed by atoms with E-state index < -0.39 is 0 Å². The van der Waals surface area contributed by atoms with Gasteiger partial charge in [0.2, 0.25) is 0 Å². The summed E-state index contributed by atoms with van der Waals surface area (Å²) in [6.45, 7) is 3.26. The molecule has 5 nitrogen and oxygen atoms in total. The monoisotopic (exact) mass is 288 g/mol. The Kier molecular flexibility index (Phi) is 5.32. The summed E-state index contributed by atoms with van der Waals surface area (Å²) in [6.07, 6.45) is 5.36. The standard InChI is InChI=1S/C16H20N2O3/c1-16(7-4-10-21-12-16)18-15(20)14-6-8-17-11-13(14)5-2-3-9-19/h6,8,11,19H,3-4,7,9-10,12H2,1H3,(H,18,20). The van der Waals surface area contributed by atoms with Crippen LogP contribution in [-0.4, -0.2) is 41.4 Å². The smallest absolute Gasteiger partial charge is 0.253 e.